The first-order chi connectivity index (χ1) is 13.3. The lowest BCUT2D eigenvalue weighted by Crippen LogP contribution is -2.41. The summed E-state index contributed by atoms with van der Waals surface area (Å²) in [7, 11) is 0. The number of ether oxygens (including phenoxy) is 1. The van der Waals surface area contributed by atoms with Crippen LogP contribution >= 0.6 is 0 Å². The number of halogens is 3. The van der Waals surface area contributed by atoms with E-state index in [1.165, 1.54) is 12.1 Å². The zero-order valence-corrected chi connectivity index (χ0v) is 15.0. The maximum Gasteiger partial charge on any atom is 0.418 e. The van der Waals surface area contributed by atoms with E-state index in [1.54, 1.807) is 17.1 Å². The third kappa shape index (κ3) is 4.46. The standard InChI is InChI=1S/C19H21F3N2O4/c20-19(21,22)15-11-12(5-6-16(15)24-7-9-28-10-8-24)23-17(25)13-3-1-2-4-14(13)18(26)27/h1-2,5-6,11,13-14H,3-4,7-10H2,(H,23,25)(H,26,27)/p-1/t13-,14+/m1/s1. The van der Waals surface area contributed by atoms with E-state index in [9.17, 15) is 27.9 Å². The number of alkyl halides is 3. The summed E-state index contributed by atoms with van der Waals surface area (Å²) < 4.78 is 45.9. The third-order valence-corrected chi connectivity index (χ3v) is 4.99. The summed E-state index contributed by atoms with van der Waals surface area (Å²) in [4.78, 5) is 25.3. The number of nitrogens with one attached hydrogen (secondary N) is 1. The Hall–Kier alpha value is -2.55. The quantitative estimate of drug-likeness (QED) is 0.784. The molecule has 0 spiro atoms. The van der Waals surface area contributed by atoms with E-state index >= 15 is 0 Å². The minimum atomic E-state index is -4.60. The molecular weight excluding hydrogens is 377 g/mol. The molecule has 1 fully saturated rings. The molecule has 0 radical (unpaired) electrons. The summed E-state index contributed by atoms with van der Waals surface area (Å²) in [5, 5.41) is 13.7. The van der Waals surface area contributed by atoms with E-state index in [1.807, 2.05) is 0 Å². The van der Waals surface area contributed by atoms with Gasteiger partial charge in [0.25, 0.3) is 0 Å². The van der Waals surface area contributed by atoms with Crippen LogP contribution in [0, 0.1) is 11.8 Å². The summed E-state index contributed by atoms with van der Waals surface area (Å²) in [6, 6.07) is 3.60. The summed E-state index contributed by atoms with van der Waals surface area (Å²) in [6.07, 6.45) is -0.905. The van der Waals surface area contributed by atoms with Gasteiger partial charge in [-0.05, 0) is 31.0 Å². The number of rotatable bonds is 4. The number of carboxylic acid groups (broad SMARTS) is 1. The number of carbonyl (C=O) groups excluding carboxylic acids is 2. The number of morpholine rings is 1. The SMILES string of the molecule is O=C([O-])[C@H]1CC=CC[C@H]1C(=O)Nc1ccc(N2CCOCC2)c(C(F)(F)F)c1. The Bertz CT molecular complexity index is 773. The van der Waals surface area contributed by atoms with Gasteiger partial charge in [-0.25, -0.2) is 0 Å². The Morgan fingerprint density at radius 3 is 2.36 bits per heavy atom. The van der Waals surface area contributed by atoms with E-state index in [2.05, 4.69) is 5.32 Å². The topological polar surface area (TPSA) is 81.7 Å². The molecular formula is C19H20F3N2O4-. The lowest BCUT2D eigenvalue weighted by Gasteiger charge is -2.31. The van der Waals surface area contributed by atoms with Gasteiger partial charge in [0.1, 0.15) is 0 Å². The molecule has 0 saturated carbocycles. The van der Waals surface area contributed by atoms with Crippen LogP contribution in [0.2, 0.25) is 0 Å². The monoisotopic (exact) mass is 397 g/mol. The molecule has 1 N–H and O–H groups in total. The first-order valence-electron chi connectivity index (χ1n) is 8.98. The Morgan fingerprint density at radius 2 is 1.75 bits per heavy atom. The average Bonchev–Trinajstić information content (AvgIpc) is 2.68. The Labute approximate surface area is 160 Å². The molecule has 1 heterocycles. The van der Waals surface area contributed by atoms with Crippen molar-refractivity contribution >= 4 is 23.3 Å². The lowest BCUT2D eigenvalue weighted by molar-refractivity contribution is -0.313. The molecule has 1 saturated heterocycles. The Kier molecular flexibility index (Phi) is 5.93. The second kappa shape index (κ2) is 8.22. The smallest absolute Gasteiger partial charge is 0.418 e. The van der Waals surface area contributed by atoms with Gasteiger partial charge in [-0.1, -0.05) is 12.2 Å². The van der Waals surface area contributed by atoms with E-state index in [0.29, 0.717) is 26.3 Å². The molecule has 1 aliphatic heterocycles. The molecule has 28 heavy (non-hydrogen) atoms. The number of benzene rings is 1. The fourth-order valence-corrected chi connectivity index (χ4v) is 3.52. The van der Waals surface area contributed by atoms with Gasteiger partial charge >= 0.3 is 6.18 Å². The number of allylic oxidation sites excluding steroid dienone is 2. The predicted molar refractivity (Wildman–Crippen MR) is 93.5 cm³/mol. The van der Waals surface area contributed by atoms with E-state index in [4.69, 9.17) is 4.74 Å². The van der Waals surface area contributed by atoms with Gasteiger partial charge in [0.15, 0.2) is 0 Å². The van der Waals surface area contributed by atoms with Crippen molar-refractivity contribution in [3.63, 3.8) is 0 Å². The van der Waals surface area contributed by atoms with Crippen LogP contribution in [0.4, 0.5) is 24.5 Å². The van der Waals surface area contributed by atoms with Crippen molar-refractivity contribution in [1.29, 1.82) is 0 Å². The van der Waals surface area contributed by atoms with Gasteiger partial charge in [-0.3, -0.25) is 4.79 Å². The zero-order chi connectivity index (χ0) is 20.3. The van der Waals surface area contributed by atoms with Crippen LogP contribution in [0.3, 0.4) is 0 Å². The molecule has 2 atom stereocenters. The molecule has 1 aromatic carbocycles. The zero-order valence-electron chi connectivity index (χ0n) is 15.0. The number of hydrogen-bond acceptors (Lipinski definition) is 5. The molecule has 9 heteroatoms. The van der Waals surface area contributed by atoms with Crippen LogP contribution in [0.5, 0.6) is 0 Å². The molecule has 0 unspecified atom stereocenters. The molecule has 1 amide bonds. The highest BCUT2D eigenvalue weighted by Gasteiger charge is 2.36. The minimum absolute atomic E-state index is 0.0269. The highest BCUT2D eigenvalue weighted by Crippen LogP contribution is 2.39. The van der Waals surface area contributed by atoms with Crippen LogP contribution in [-0.4, -0.2) is 38.2 Å². The number of nitrogens with zero attached hydrogens (tertiary/aromatic N) is 1. The second-order valence-corrected chi connectivity index (χ2v) is 6.79. The van der Waals surface area contributed by atoms with Crippen LogP contribution in [-0.2, 0) is 20.5 Å². The van der Waals surface area contributed by atoms with Gasteiger partial charge in [0, 0.05) is 36.4 Å². The summed E-state index contributed by atoms with van der Waals surface area (Å²) >= 11 is 0. The van der Waals surface area contributed by atoms with E-state index < -0.39 is 35.5 Å². The van der Waals surface area contributed by atoms with Crippen molar-refractivity contribution in [2.24, 2.45) is 11.8 Å². The summed E-state index contributed by atoms with van der Waals surface area (Å²) in [6.45, 7) is 1.37. The normalized spacial score (nSPS) is 22.8. The van der Waals surface area contributed by atoms with Crippen molar-refractivity contribution < 1.29 is 32.6 Å². The van der Waals surface area contributed by atoms with Gasteiger partial charge in [-0.2, -0.15) is 13.2 Å². The lowest BCUT2D eigenvalue weighted by atomic mass is 9.82. The van der Waals surface area contributed by atoms with Crippen molar-refractivity contribution in [3.05, 3.63) is 35.9 Å². The fourth-order valence-electron chi connectivity index (χ4n) is 3.52. The third-order valence-electron chi connectivity index (χ3n) is 4.99. The average molecular weight is 397 g/mol. The highest BCUT2D eigenvalue weighted by molar-refractivity contribution is 5.95. The molecule has 0 bridgehead atoms. The molecule has 152 valence electrons. The highest BCUT2D eigenvalue weighted by atomic mass is 19.4. The Balaban J connectivity index is 1.83. The second-order valence-electron chi connectivity index (χ2n) is 6.79. The predicted octanol–water partition coefficient (Wildman–Crippen LogP) is 1.81. The first-order valence-corrected chi connectivity index (χ1v) is 8.98. The number of amides is 1. The number of hydrogen-bond donors (Lipinski definition) is 1. The summed E-state index contributed by atoms with van der Waals surface area (Å²) in [5.74, 6) is -3.86. The van der Waals surface area contributed by atoms with Crippen molar-refractivity contribution in [1.82, 2.24) is 0 Å². The molecule has 1 aliphatic carbocycles. The molecule has 1 aromatic rings. The number of aliphatic carboxylic acids is 1. The largest absolute Gasteiger partial charge is 0.550 e. The molecule has 3 rings (SSSR count). The van der Waals surface area contributed by atoms with Crippen molar-refractivity contribution in [2.45, 2.75) is 19.0 Å². The van der Waals surface area contributed by atoms with Gasteiger partial charge in [0.2, 0.25) is 5.91 Å². The first kappa shape index (κ1) is 20.2. The van der Waals surface area contributed by atoms with Crippen molar-refractivity contribution in [2.75, 3.05) is 36.5 Å². The number of carboxylic acids is 1. The van der Waals surface area contributed by atoms with E-state index in [-0.39, 0.29) is 24.2 Å². The minimum Gasteiger partial charge on any atom is -0.550 e. The number of carbonyl (C=O) groups is 2. The van der Waals surface area contributed by atoms with Crippen molar-refractivity contribution in [3.8, 4) is 0 Å². The van der Waals surface area contributed by atoms with Gasteiger partial charge in [0.05, 0.1) is 24.7 Å². The van der Waals surface area contributed by atoms with Gasteiger partial charge in [-0.15, -0.1) is 0 Å². The van der Waals surface area contributed by atoms with Crippen LogP contribution in [0.1, 0.15) is 18.4 Å². The van der Waals surface area contributed by atoms with Crippen LogP contribution < -0.4 is 15.3 Å². The fraction of sp³-hybridized carbons (Fsp3) is 0.474. The van der Waals surface area contributed by atoms with E-state index in [0.717, 1.165) is 6.07 Å². The summed E-state index contributed by atoms with van der Waals surface area (Å²) in [5.41, 5.74) is -0.852. The van der Waals surface area contributed by atoms with Crippen LogP contribution in [0.15, 0.2) is 30.4 Å². The molecule has 2 aliphatic rings. The Morgan fingerprint density at radius 1 is 1.11 bits per heavy atom. The van der Waals surface area contributed by atoms with Crippen LogP contribution in [0.25, 0.3) is 0 Å². The van der Waals surface area contributed by atoms with Gasteiger partial charge < -0.3 is 24.9 Å². The number of anilines is 2. The molecule has 0 aromatic heterocycles. The maximum atomic E-state index is 13.6. The molecule has 6 nitrogen and oxygen atoms in total. The maximum absolute atomic E-state index is 13.6.